The lowest BCUT2D eigenvalue weighted by atomic mass is 9.95. The number of fused-ring (bicyclic) bond motifs is 1. The number of ether oxygens (including phenoxy) is 2. The van der Waals surface area contributed by atoms with Crippen molar-refractivity contribution in [3.63, 3.8) is 0 Å². The van der Waals surface area contributed by atoms with Crippen LogP contribution in [0.25, 0.3) is 0 Å². The maximum atomic E-state index is 12.7. The summed E-state index contributed by atoms with van der Waals surface area (Å²) in [5.74, 6) is 0.00144. The van der Waals surface area contributed by atoms with Crippen LogP contribution in [0.4, 0.5) is 5.69 Å². The van der Waals surface area contributed by atoms with Gasteiger partial charge in [-0.05, 0) is 42.3 Å². The Hall–Kier alpha value is -3.02. The van der Waals surface area contributed by atoms with Crippen molar-refractivity contribution in [3.8, 4) is 11.5 Å². The number of carboxylic acid groups (broad SMARTS) is 1. The van der Waals surface area contributed by atoms with E-state index in [1.165, 1.54) is 0 Å². The highest BCUT2D eigenvalue weighted by Gasteiger charge is 2.28. The summed E-state index contributed by atoms with van der Waals surface area (Å²) in [5, 5.41) is 8.61. The number of nitrogens with zero attached hydrogens (tertiary/aromatic N) is 1. The molecular formula is C19H19NO5. The predicted molar refractivity (Wildman–Crippen MR) is 92.1 cm³/mol. The third-order valence-corrected chi connectivity index (χ3v) is 4.15. The van der Waals surface area contributed by atoms with E-state index in [0.29, 0.717) is 24.5 Å². The van der Waals surface area contributed by atoms with E-state index in [-0.39, 0.29) is 11.8 Å². The molecule has 25 heavy (non-hydrogen) atoms. The largest absolute Gasteiger partial charge is 0.492 e. The van der Waals surface area contributed by atoms with E-state index < -0.39 is 12.6 Å². The molecule has 2 aromatic rings. The Kier molecular flexibility index (Phi) is 4.88. The summed E-state index contributed by atoms with van der Waals surface area (Å²) >= 11 is 0. The summed E-state index contributed by atoms with van der Waals surface area (Å²) in [4.78, 5) is 24.8. The molecular weight excluding hydrogens is 322 g/mol. The summed E-state index contributed by atoms with van der Waals surface area (Å²) in [7, 11) is 1.72. The SMILES string of the molecule is CN(C(=O)C1COc2ccccc2C1)c1ccc(OCC(=O)O)cc1. The smallest absolute Gasteiger partial charge is 0.341 e. The molecule has 0 spiro atoms. The first-order valence-electron chi connectivity index (χ1n) is 7.97. The highest BCUT2D eigenvalue weighted by Crippen LogP contribution is 2.29. The molecule has 0 radical (unpaired) electrons. The first kappa shape index (κ1) is 16.8. The van der Waals surface area contributed by atoms with Crippen LogP contribution in [0.1, 0.15) is 5.56 Å². The van der Waals surface area contributed by atoms with Gasteiger partial charge in [-0.15, -0.1) is 0 Å². The van der Waals surface area contributed by atoms with E-state index in [2.05, 4.69) is 0 Å². The Balaban J connectivity index is 1.65. The number of aliphatic carboxylic acids is 1. The Bertz CT molecular complexity index is 772. The monoisotopic (exact) mass is 341 g/mol. The van der Waals surface area contributed by atoms with Gasteiger partial charge in [0.1, 0.15) is 18.1 Å². The van der Waals surface area contributed by atoms with Gasteiger partial charge in [0.05, 0.1) is 5.92 Å². The zero-order chi connectivity index (χ0) is 17.8. The molecule has 6 heteroatoms. The number of anilines is 1. The van der Waals surface area contributed by atoms with Gasteiger partial charge in [-0.3, -0.25) is 4.79 Å². The van der Waals surface area contributed by atoms with Crippen molar-refractivity contribution in [1.82, 2.24) is 0 Å². The molecule has 130 valence electrons. The molecule has 1 heterocycles. The van der Waals surface area contributed by atoms with Crippen molar-refractivity contribution in [1.29, 1.82) is 0 Å². The fraction of sp³-hybridized carbons (Fsp3) is 0.263. The number of amides is 1. The van der Waals surface area contributed by atoms with Crippen LogP contribution in [-0.4, -0.2) is 37.2 Å². The summed E-state index contributed by atoms with van der Waals surface area (Å²) in [6.07, 6.45) is 0.652. The normalized spacial score (nSPS) is 15.6. The highest BCUT2D eigenvalue weighted by atomic mass is 16.5. The standard InChI is InChI=1S/C19H19NO5/c1-20(15-6-8-16(9-7-15)24-12-18(21)22)19(23)14-10-13-4-2-3-5-17(13)25-11-14/h2-9,14H,10-12H2,1H3,(H,21,22). The van der Waals surface area contributed by atoms with Crippen LogP contribution in [-0.2, 0) is 16.0 Å². The van der Waals surface area contributed by atoms with Crippen molar-refractivity contribution in [2.24, 2.45) is 5.92 Å². The van der Waals surface area contributed by atoms with Crippen LogP contribution >= 0.6 is 0 Å². The zero-order valence-electron chi connectivity index (χ0n) is 13.8. The molecule has 3 rings (SSSR count). The fourth-order valence-corrected chi connectivity index (χ4v) is 2.80. The maximum absolute atomic E-state index is 12.7. The average Bonchev–Trinajstić information content (AvgIpc) is 2.65. The van der Waals surface area contributed by atoms with Crippen LogP contribution in [0, 0.1) is 5.92 Å². The molecule has 2 aromatic carbocycles. The molecule has 6 nitrogen and oxygen atoms in total. The molecule has 1 unspecified atom stereocenters. The highest BCUT2D eigenvalue weighted by molar-refractivity contribution is 5.95. The number of carbonyl (C=O) groups is 2. The lowest BCUT2D eigenvalue weighted by Crippen LogP contribution is -2.38. The van der Waals surface area contributed by atoms with Gasteiger partial charge < -0.3 is 19.5 Å². The van der Waals surface area contributed by atoms with Crippen molar-refractivity contribution in [2.45, 2.75) is 6.42 Å². The minimum Gasteiger partial charge on any atom is -0.492 e. The van der Waals surface area contributed by atoms with Crippen molar-refractivity contribution in [3.05, 3.63) is 54.1 Å². The summed E-state index contributed by atoms with van der Waals surface area (Å²) in [6.45, 7) is -0.0348. The fourth-order valence-electron chi connectivity index (χ4n) is 2.80. The number of carboxylic acids is 1. The predicted octanol–water partition coefficient (Wildman–Crippen LogP) is 2.36. The van der Waals surface area contributed by atoms with Crippen LogP contribution < -0.4 is 14.4 Å². The second-order valence-electron chi connectivity index (χ2n) is 5.89. The summed E-state index contributed by atoms with van der Waals surface area (Å²) in [5.41, 5.74) is 1.75. The quantitative estimate of drug-likeness (QED) is 0.903. The molecule has 0 saturated carbocycles. The van der Waals surface area contributed by atoms with Gasteiger partial charge in [-0.25, -0.2) is 4.79 Å². The van der Waals surface area contributed by atoms with E-state index in [9.17, 15) is 9.59 Å². The molecule has 0 aromatic heterocycles. The molecule has 0 aliphatic carbocycles. The van der Waals surface area contributed by atoms with Gasteiger partial charge in [0.2, 0.25) is 5.91 Å². The van der Waals surface area contributed by atoms with E-state index in [0.717, 1.165) is 11.3 Å². The second-order valence-corrected chi connectivity index (χ2v) is 5.89. The van der Waals surface area contributed by atoms with Crippen LogP contribution in [0.5, 0.6) is 11.5 Å². The van der Waals surface area contributed by atoms with Gasteiger partial charge in [0, 0.05) is 12.7 Å². The topological polar surface area (TPSA) is 76.1 Å². The molecule has 1 aliphatic rings. The van der Waals surface area contributed by atoms with Gasteiger partial charge in [0.25, 0.3) is 0 Å². The Labute approximate surface area is 145 Å². The number of hydrogen-bond donors (Lipinski definition) is 1. The first-order chi connectivity index (χ1) is 12.0. The number of hydrogen-bond acceptors (Lipinski definition) is 4. The Morgan fingerprint density at radius 2 is 1.92 bits per heavy atom. The molecule has 1 atom stereocenters. The summed E-state index contributed by atoms with van der Waals surface area (Å²) < 4.78 is 10.8. The number of rotatable bonds is 5. The molecule has 1 amide bonds. The minimum absolute atomic E-state index is 0.0197. The average molecular weight is 341 g/mol. The third-order valence-electron chi connectivity index (χ3n) is 4.15. The van der Waals surface area contributed by atoms with Crippen LogP contribution in [0.15, 0.2) is 48.5 Å². The number of carbonyl (C=O) groups excluding carboxylic acids is 1. The maximum Gasteiger partial charge on any atom is 0.341 e. The molecule has 0 bridgehead atoms. The van der Waals surface area contributed by atoms with Gasteiger partial charge in [-0.1, -0.05) is 18.2 Å². The first-order valence-corrected chi connectivity index (χ1v) is 7.97. The molecule has 1 N–H and O–H groups in total. The van der Waals surface area contributed by atoms with Crippen LogP contribution in [0.3, 0.4) is 0 Å². The second kappa shape index (κ2) is 7.25. The molecule has 1 aliphatic heterocycles. The van der Waals surface area contributed by atoms with E-state index >= 15 is 0 Å². The van der Waals surface area contributed by atoms with Crippen molar-refractivity contribution < 1.29 is 24.2 Å². The third kappa shape index (κ3) is 3.91. The van der Waals surface area contributed by atoms with Crippen molar-refractivity contribution in [2.75, 3.05) is 25.2 Å². The van der Waals surface area contributed by atoms with Crippen molar-refractivity contribution >= 4 is 17.6 Å². The lowest BCUT2D eigenvalue weighted by molar-refractivity contribution is -0.139. The van der Waals surface area contributed by atoms with Crippen LogP contribution in [0.2, 0.25) is 0 Å². The molecule has 0 saturated heterocycles. The number of para-hydroxylation sites is 1. The van der Waals surface area contributed by atoms with Gasteiger partial charge in [-0.2, -0.15) is 0 Å². The van der Waals surface area contributed by atoms with E-state index in [1.807, 2.05) is 24.3 Å². The summed E-state index contributed by atoms with van der Waals surface area (Å²) in [6, 6.07) is 14.5. The zero-order valence-corrected chi connectivity index (χ0v) is 13.8. The minimum atomic E-state index is -1.03. The molecule has 0 fully saturated rings. The van der Waals surface area contributed by atoms with Gasteiger partial charge in [0.15, 0.2) is 6.61 Å². The Morgan fingerprint density at radius 1 is 1.20 bits per heavy atom. The Morgan fingerprint density at radius 3 is 2.64 bits per heavy atom. The van der Waals surface area contributed by atoms with Gasteiger partial charge >= 0.3 is 5.97 Å². The van der Waals surface area contributed by atoms with E-state index in [1.54, 1.807) is 36.2 Å². The van der Waals surface area contributed by atoms with E-state index in [4.69, 9.17) is 14.6 Å². The lowest BCUT2D eigenvalue weighted by Gasteiger charge is -2.28. The number of benzene rings is 2.